The van der Waals surface area contributed by atoms with Crippen LogP contribution in [0.4, 0.5) is 21.8 Å². The quantitative estimate of drug-likeness (QED) is 0.252. The van der Waals surface area contributed by atoms with Gasteiger partial charge in [-0.25, -0.2) is 9.37 Å². The van der Waals surface area contributed by atoms with Crippen molar-refractivity contribution < 1.29 is 14.0 Å². The Morgan fingerprint density at radius 3 is 2.56 bits per heavy atom. The molecule has 0 bridgehead atoms. The highest BCUT2D eigenvalue weighted by Gasteiger charge is 2.29. The molecule has 1 aliphatic heterocycles. The van der Waals surface area contributed by atoms with Crippen LogP contribution in [0.3, 0.4) is 0 Å². The van der Waals surface area contributed by atoms with Crippen molar-refractivity contribution in [3.05, 3.63) is 39.4 Å². The van der Waals surface area contributed by atoms with E-state index in [4.69, 9.17) is 28.2 Å². The number of amides is 2. The minimum atomic E-state index is -0.970. The molecule has 1 atom stereocenters. The van der Waals surface area contributed by atoms with E-state index in [2.05, 4.69) is 25.9 Å². The fourth-order valence-corrected chi connectivity index (χ4v) is 5.76. The van der Waals surface area contributed by atoms with Crippen molar-refractivity contribution in [2.45, 2.75) is 78.1 Å². The van der Waals surface area contributed by atoms with Crippen molar-refractivity contribution in [3.8, 4) is 0 Å². The normalized spacial score (nSPS) is 18.1. The number of benzene rings is 1. The van der Waals surface area contributed by atoms with Gasteiger partial charge in [0.2, 0.25) is 11.9 Å². The molecule has 9 nitrogen and oxygen atoms in total. The lowest BCUT2D eigenvalue weighted by molar-refractivity contribution is -0.128. The van der Waals surface area contributed by atoms with Gasteiger partial charge >= 0.3 is 0 Å². The average molecular weight is 605 g/mol. The number of hydrogen-bond donors (Lipinski definition) is 4. The predicted octanol–water partition coefficient (Wildman–Crippen LogP) is 6.28. The zero-order valence-electron chi connectivity index (χ0n) is 23.5. The molecule has 0 radical (unpaired) electrons. The maximum absolute atomic E-state index is 14.1. The van der Waals surface area contributed by atoms with E-state index in [1.165, 1.54) is 6.42 Å². The number of aromatic nitrogens is 3. The number of hydrogen-bond acceptors (Lipinski definition) is 6. The molecular weight excluding hydrogens is 568 g/mol. The Morgan fingerprint density at radius 2 is 1.88 bits per heavy atom. The van der Waals surface area contributed by atoms with Gasteiger partial charge in [-0.1, -0.05) is 69.3 Å². The summed E-state index contributed by atoms with van der Waals surface area (Å²) in [7, 11) is 0. The SMILES string of the molecule is CC(C)(C)C(=O)NCc1ccc(Cl)c(Nc2nc3nc(N4CCC(F)C4)c(C(=O)NC4CCCCC4)cc3[nH]2)c1Cl. The fraction of sp³-hybridized carbons (Fsp3) is 0.517. The first kappa shape index (κ1) is 29.4. The average Bonchev–Trinajstić information content (AvgIpc) is 3.54. The molecule has 12 heteroatoms. The van der Waals surface area contributed by atoms with E-state index < -0.39 is 11.6 Å². The molecule has 41 heavy (non-hydrogen) atoms. The standard InChI is InChI=1S/C29H36Cl2FN7O2/c1-29(2,3)27(41)33-14-16-9-10-20(30)23(22(16)31)36-28-35-21-13-19(26(40)34-18-7-5-4-6-8-18)25(37-24(21)38-28)39-12-11-17(32)15-39/h9-10,13,17-18H,4-8,11-12,14-15H2,1-3H3,(H,33,41)(H,34,40)(H2,35,36,37,38). The third kappa shape index (κ3) is 6.70. The van der Waals surface area contributed by atoms with Crippen LogP contribution in [0.5, 0.6) is 0 Å². The van der Waals surface area contributed by atoms with Crippen molar-refractivity contribution >= 4 is 63.6 Å². The molecule has 3 heterocycles. The summed E-state index contributed by atoms with van der Waals surface area (Å²) >= 11 is 13.2. The van der Waals surface area contributed by atoms with Crippen LogP contribution in [-0.4, -0.2) is 52.1 Å². The van der Waals surface area contributed by atoms with Gasteiger partial charge in [-0.3, -0.25) is 9.59 Å². The number of nitrogens with one attached hydrogen (secondary N) is 4. The fourth-order valence-electron chi connectivity index (χ4n) is 5.23. The molecule has 3 aromatic rings. The van der Waals surface area contributed by atoms with E-state index in [-0.39, 0.29) is 30.9 Å². The number of carbonyl (C=O) groups excluding carboxylic acids is 2. The van der Waals surface area contributed by atoms with Gasteiger partial charge in [0.05, 0.1) is 33.4 Å². The van der Waals surface area contributed by atoms with E-state index in [0.29, 0.717) is 62.8 Å². The Kier molecular flexibility index (Phi) is 8.61. The topological polar surface area (TPSA) is 115 Å². The minimum absolute atomic E-state index is 0.0994. The summed E-state index contributed by atoms with van der Waals surface area (Å²) in [6.45, 7) is 6.40. The van der Waals surface area contributed by atoms with Crippen LogP contribution >= 0.6 is 23.2 Å². The molecule has 4 N–H and O–H groups in total. The van der Waals surface area contributed by atoms with Crippen LogP contribution in [0.2, 0.25) is 10.0 Å². The first-order valence-corrected chi connectivity index (χ1v) is 14.9. The number of pyridine rings is 1. The van der Waals surface area contributed by atoms with Crippen molar-refractivity contribution in [1.29, 1.82) is 0 Å². The van der Waals surface area contributed by atoms with Crippen LogP contribution in [0.1, 0.15) is 75.2 Å². The Balaban J connectivity index is 1.43. The van der Waals surface area contributed by atoms with Gasteiger partial charge in [0.1, 0.15) is 12.0 Å². The van der Waals surface area contributed by atoms with Gasteiger partial charge in [0.15, 0.2) is 5.65 Å². The second kappa shape index (κ2) is 12.0. The summed E-state index contributed by atoms with van der Waals surface area (Å²) in [6.07, 6.45) is 4.69. The van der Waals surface area contributed by atoms with Gasteiger partial charge < -0.3 is 25.8 Å². The van der Waals surface area contributed by atoms with Crippen molar-refractivity contribution in [3.63, 3.8) is 0 Å². The first-order valence-electron chi connectivity index (χ1n) is 14.1. The number of nitrogens with zero attached hydrogens (tertiary/aromatic N) is 3. The molecule has 1 aliphatic carbocycles. The first-order chi connectivity index (χ1) is 19.5. The molecule has 2 fully saturated rings. The van der Waals surface area contributed by atoms with E-state index in [1.54, 1.807) is 18.2 Å². The van der Waals surface area contributed by atoms with Gasteiger partial charge in [-0.15, -0.1) is 0 Å². The molecule has 2 aliphatic rings. The van der Waals surface area contributed by atoms with E-state index in [9.17, 15) is 14.0 Å². The lowest BCUT2D eigenvalue weighted by atomic mass is 9.95. The Bertz CT molecular complexity index is 1450. The number of fused-ring (bicyclic) bond motifs is 1. The molecule has 2 aromatic heterocycles. The number of halogens is 3. The number of H-pyrrole nitrogens is 1. The lowest BCUT2D eigenvalue weighted by Crippen LogP contribution is -2.37. The van der Waals surface area contributed by atoms with Crippen molar-refractivity contribution in [1.82, 2.24) is 25.6 Å². The number of alkyl halides is 1. The number of anilines is 3. The Hall–Kier alpha value is -3.11. The molecule has 220 valence electrons. The van der Waals surface area contributed by atoms with Crippen LogP contribution in [0.15, 0.2) is 18.2 Å². The predicted molar refractivity (Wildman–Crippen MR) is 161 cm³/mol. The zero-order valence-corrected chi connectivity index (χ0v) is 25.1. The second-order valence-electron chi connectivity index (χ2n) is 11.9. The van der Waals surface area contributed by atoms with Crippen molar-refractivity contribution in [2.75, 3.05) is 23.3 Å². The molecule has 0 spiro atoms. The third-order valence-electron chi connectivity index (χ3n) is 7.60. The third-order valence-corrected chi connectivity index (χ3v) is 8.35. The minimum Gasteiger partial charge on any atom is -0.353 e. The van der Waals surface area contributed by atoms with Gasteiger partial charge in [-0.05, 0) is 37.0 Å². The number of carbonyl (C=O) groups is 2. The lowest BCUT2D eigenvalue weighted by Gasteiger charge is -2.24. The monoisotopic (exact) mass is 603 g/mol. The van der Waals surface area contributed by atoms with Crippen LogP contribution in [-0.2, 0) is 11.3 Å². The van der Waals surface area contributed by atoms with E-state index in [0.717, 1.165) is 25.7 Å². The number of aromatic amines is 1. The summed E-state index contributed by atoms with van der Waals surface area (Å²) < 4.78 is 14.1. The highest BCUT2D eigenvalue weighted by molar-refractivity contribution is 6.39. The van der Waals surface area contributed by atoms with Gasteiger partial charge in [0, 0.05) is 24.5 Å². The van der Waals surface area contributed by atoms with Crippen LogP contribution < -0.4 is 20.9 Å². The molecule has 1 aromatic carbocycles. The highest BCUT2D eigenvalue weighted by atomic mass is 35.5. The van der Waals surface area contributed by atoms with E-state index in [1.807, 2.05) is 25.7 Å². The molecule has 1 saturated carbocycles. The van der Waals surface area contributed by atoms with Crippen molar-refractivity contribution in [2.24, 2.45) is 5.41 Å². The van der Waals surface area contributed by atoms with Gasteiger partial charge in [-0.2, -0.15) is 4.98 Å². The Labute approximate surface area is 249 Å². The summed E-state index contributed by atoms with van der Waals surface area (Å²) in [4.78, 5) is 40.0. The van der Waals surface area contributed by atoms with Crippen LogP contribution in [0, 0.1) is 5.41 Å². The maximum atomic E-state index is 14.1. The van der Waals surface area contributed by atoms with Gasteiger partial charge in [0.25, 0.3) is 5.91 Å². The molecular formula is C29H36Cl2FN7O2. The molecule has 1 saturated heterocycles. The number of rotatable bonds is 7. The molecule has 2 amide bonds. The highest BCUT2D eigenvalue weighted by Crippen LogP contribution is 2.36. The molecule has 5 rings (SSSR count). The van der Waals surface area contributed by atoms with E-state index >= 15 is 0 Å². The number of imidazole rings is 1. The van der Waals surface area contributed by atoms with Crippen LogP contribution in [0.25, 0.3) is 11.2 Å². The second-order valence-corrected chi connectivity index (χ2v) is 12.7. The zero-order chi connectivity index (χ0) is 29.3. The molecule has 1 unspecified atom stereocenters. The summed E-state index contributed by atoms with van der Waals surface area (Å²) in [5, 5.41) is 9.91. The smallest absolute Gasteiger partial charge is 0.255 e. The Morgan fingerprint density at radius 1 is 1.12 bits per heavy atom. The maximum Gasteiger partial charge on any atom is 0.255 e. The largest absolute Gasteiger partial charge is 0.353 e. The summed E-state index contributed by atoms with van der Waals surface area (Å²) in [6, 6.07) is 5.30. The summed E-state index contributed by atoms with van der Waals surface area (Å²) in [5.41, 5.74) is 1.88. The summed E-state index contributed by atoms with van der Waals surface area (Å²) in [5.74, 6) is 0.436.